The molecule has 0 spiro atoms. The van der Waals surface area contributed by atoms with Crippen LogP contribution in [-0.4, -0.2) is 28.8 Å². The first-order chi connectivity index (χ1) is 7.45. The largest absolute Gasteiger partial charge is 0.381 e. The summed E-state index contributed by atoms with van der Waals surface area (Å²) in [6.07, 6.45) is 1.42. The highest BCUT2D eigenvalue weighted by molar-refractivity contribution is 6.32. The first-order valence-electron chi connectivity index (χ1n) is 4.48. The molecule has 8 heteroatoms. The number of carbonyl (C=O) groups excluding carboxylic acids is 2. The first kappa shape index (κ1) is 12.3. The summed E-state index contributed by atoms with van der Waals surface area (Å²) in [5.41, 5.74) is 5.43. The molecular weight excluding hydrogens is 234 g/mol. The zero-order valence-electron chi connectivity index (χ0n) is 8.82. The Kier molecular flexibility index (Phi) is 3.73. The predicted octanol–water partition coefficient (Wildman–Crippen LogP) is 0.135. The number of rotatable bonds is 2. The zero-order valence-corrected chi connectivity index (χ0v) is 9.58. The van der Waals surface area contributed by atoms with Crippen LogP contribution in [0.2, 0.25) is 5.02 Å². The molecule has 88 valence electrons. The van der Waals surface area contributed by atoms with Gasteiger partial charge in [-0.3, -0.25) is 14.8 Å². The summed E-state index contributed by atoms with van der Waals surface area (Å²) in [5, 5.41) is 8.49. The third-order valence-corrected chi connectivity index (χ3v) is 2.24. The van der Waals surface area contributed by atoms with Gasteiger partial charge in [-0.2, -0.15) is 5.10 Å². The molecule has 0 fully saturated rings. The first-order valence-corrected chi connectivity index (χ1v) is 4.86. The van der Waals surface area contributed by atoms with E-state index in [0.29, 0.717) is 0 Å². The molecule has 1 aromatic rings. The van der Waals surface area contributed by atoms with Crippen LogP contribution in [0.25, 0.3) is 0 Å². The number of aromatic nitrogens is 2. The lowest BCUT2D eigenvalue weighted by Crippen LogP contribution is -2.40. The minimum Gasteiger partial charge on any atom is -0.381 e. The monoisotopic (exact) mass is 245 g/mol. The molecule has 0 saturated heterocycles. The molecule has 0 aromatic carbocycles. The van der Waals surface area contributed by atoms with E-state index in [4.69, 9.17) is 17.3 Å². The van der Waals surface area contributed by atoms with Gasteiger partial charge in [0.25, 0.3) is 5.91 Å². The molecule has 7 nitrogen and oxygen atoms in total. The molecule has 0 bridgehead atoms. The molecule has 16 heavy (non-hydrogen) atoms. The van der Waals surface area contributed by atoms with Crippen molar-refractivity contribution in [1.82, 2.24) is 20.4 Å². The summed E-state index contributed by atoms with van der Waals surface area (Å²) in [6.45, 7) is 1.57. The molecule has 3 amide bonds. The van der Waals surface area contributed by atoms with Crippen molar-refractivity contribution < 1.29 is 9.59 Å². The van der Waals surface area contributed by atoms with Gasteiger partial charge in [-0.25, -0.2) is 4.79 Å². The molecule has 0 aliphatic carbocycles. The lowest BCUT2D eigenvalue weighted by atomic mass is 10.3. The van der Waals surface area contributed by atoms with Crippen molar-refractivity contribution >= 4 is 29.4 Å². The number of nitrogen functional groups attached to an aromatic ring is 1. The fraction of sp³-hybridized carbons (Fsp3) is 0.375. The van der Waals surface area contributed by atoms with Crippen LogP contribution >= 0.6 is 11.6 Å². The maximum absolute atomic E-state index is 11.5. The van der Waals surface area contributed by atoms with Crippen molar-refractivity contribution in [2.75, 3.05) is 12.8 Å². The lowest BCUT2D eigenvalue weighted by molar-refractivity contribution is -0.123. The van der Waals surface area contributed by atoms with Gasteiger partial charge < -0.3 is 11.1 Å². The highest BCUT2D eigenvalue weighted by Crippen LogP contribution is 2.18. The Morgan fingerprint density at radius 1 is 1.62 bits per heavy atom. The van der Waals surface area contributed by atoms with E-state index in [-0.39, 0.29) is 10.8 Å². The van der Waals surface area contributed by atoms with Crippen LogP contribution in [0.4, 0.5) is 10.6 Å². The second-order valence-corrected chi connectivity index (χ2v) is 3.49. The lowest BCUT2D eigenvalue weighted by Gasteiger charge is -2.11. The quantitative estimate of drug-likeness (QED) is 0.689. The van der Waals surface area contributed by atoms with Gasteiger partial charge in [-0.1, -0.05) is 11.6 Å². The van der Waals surface area contributed by atoms with Gasteiger partial charge in [0.15, 0.2) is 5.82 Å². The summed E-state index contributed by atoms with van der Waals surface area (Å²) in [4.78, 5) is 22.4. The highest BCUT2D eigenvalue weighted by Gasteiger charge is 2.18. The fourth-order valence-corrected chi connectivity index (χ4v) is 1.12. The maximum Gasteiger partial charge on any atom is 0.321 e. The van der Waals surface area contributed by atoms with E-state index >= 15 is 0 Å². The number of imide groups is 1. The maximum atomic E-state index is 11.5. The second-order valence-electron chi connectivity index (χ2n) is 3.09. The second kappa shape index (κ2) is 4.84. The Hall–Kier alpha value is -1.76. The van der Waals surface area contributed by atoms with Crippen LogP contribution in [0.5, 0.6) is 0 Å². The van der Waals surface area contributed by atoms with Gasteiger partial charge >= 0.3 is 6.03 Å². The van der Waals surface area contributed by atoms with E-state index in [1.54, 1.807) is 6.92 Å². The number of nitrogens with two attached hydrogens (primary N) is 1. The van der Waals surface area contributed by atoms with Crippen molar-refractivity contribution in [3.63, 3.8) is 0 Å². The van der Waals surface area contributed by atoms with E-state index in [1.807, 2.05) is 0 Å². The van der Waals surface area contributed by atoms with Gasteiger partial charge in [0.2, 0.25) is 0 Å². The molecule has 0 saturated carbocycles. The number of halogens is 1. The SMILES string of the molecule is CNC(=O)NC(=O)C(C)n1cc(Cl)c(N)n1. The average molecular weight is 246 g/mol. The van der Waals surface area contributed by atoms with E-state index in [9.17, 15) is 9.59 Å². The molecule has 4 N–H and O–H groups in total. The zero-order chi connectivity index (χ0) is 12.3. The summed E-state index contributed by atoms with van der Waals surface area (Å²) >= 11 is 5.69. The Bertz CT molecular complexity index is 397. The Morgan fingerprint density at radius 2 is 2.25 bits per heavy atom. The van der Waals surface area contributed by atoms with Gasteiger partial charge in [-0.05, 0) is 6.92 Å². The topological polar surface area (TPSA) is 102 Å². The minimum absolute atomic E-state index is 0.140. The van der Waals surface area contributed by atoms with Crippen molar-refractivity contribution in [2.24, 2.45) is 0 Å². The number of carbonyl (C=O) groups is 2. The van der Waals surface area contributed by atoms with Crippen molar-refractivity contribution in [3.8, 4) is 0 Å². The predicted molar refractivity (Wildman–Crippen MR) is 59.0 cm³/mol. The molecule has 0 aliphatic rings. The number of nitrogens with zero attached hydrogens (tertiary/aromatic N) is 2. The number of amides is 3. The van der Waals surface area contributed by atoms with Crippen LogP contribution in [-0.2, 0) is 4.79 Å². The Balaban J connectivity index is 2.74. The Morgan fingerprint density at radius 3 is 2.69 bits per heavy atom. The minimum atomic E-state index is -0.674. The molecule has 0 aliphatic heterocycles. The summed E-state index contributed by atoms with van der Waals surface area (Å²) < 4.78 is 1.29. The highest BCUT2D eigenvalue weighted by atomic mass is 35.5. The van der Waals surface area contributed by atoms with Gasteiger partial charge in [0.1, 0.15) is 11.1 Å². The molecule has 1 rings (SSSR count). The average Bonchev–Trinajstić information content (AvgIpc) is 2.57. The van der Waals surface area contributed by atoms with Crippen molar-refractivity contribution in [3.05, 3.63) is 11.2 Å². The molecule has 0 radical (unpaired) electrons. The van der Waals surface area contributed by atoms with Crippen LogP contribution in [0.15, 0.2) is 6.20 Å². The van der Waals surface area contributed by atoms with Crippen LogP contribution in [0.3, 0.4) is 0 Å². The molecule has 1 unspecified atom stereocenters. The van der Waals surface area contributed by atoms with Gasteiger partial charge in [0, 0.05) is 13.2 Å². The fourth-order valence-electron chi connectivity index (χ4n) is 0.981. The standard InChI is InChI=1S/C8H12ClN5O2/c1-4(7(15)12-8(16)11-2)14-3-5(9)6(10)13-14/h3-4H,1-2H3,(H2,10,13)(H2,11,12,15,16). The van der Waals surface area contributed by atoms with Gasteiger partial charge in [0.05, 0.1) is 0 Å². The van der Waals surface area contributed by atoms with Crippen molar-refractivity contribution in [2.45, 2.75) is 13.0 Å². The van der Waals surface area contributed by atoms with E-state index < -0.39 is 18.0 Å². The smallest absolute Gasteiger partial charge is 0.321 e. The number of anilines is 1. The number of hydrogen-bond acceptors (Lipinski definition) is 4. The summed E-state index contributed by atoms with van der Waals surface area (Å²) in [7, 11) is 1.41. The third kappa shape index (κ3) is 2.63. The number of urea groups is 1. The normalized spacial score (nSPS) is 11.9. The van der Waals surface area contributed by atoms with E-state index in [1.165, 1.54) is 17.9 Å². The summed E-state index contributed by atoms with van der Waals surface area (Å²) in [5.74, 6) is -0.361. The third-order valence-electron chi connectivity index (χ3n) is 1.95. The Labute approximate surface area is 96.9 Å². The van der Waals surface area contributed by atoms with Crippen LogP contribution in [0, 0.1) is 0 Å². The van der Waals surface area contributed by atoms with E-state index in [2.05, 4.69) is 15.7 Å². The molecule has 1 aromatic heterocycles. The molecular formula is C8H12ClN5O2. The molecule has 1 atom stereocenters. The number of hydrogen-bond donors (Lipinski definition) is 3. The van der Waals surface area contributed by atoms with Gasteiger partial charge in [-0.15, -0.1) is 0 Å². The van der Waals surface area contributed by atoms with Crippen LogP contribution < -0.4 is 16.4 Å². The molecule has 1 heterocycles. The van der Waals surface area contributed by atoms with Crippen molar-refractivity contribution in [1.29, 1.82) is 0 Å². The number of nitrogens with one attached hydrogen (secondary N) is 2. The van der Waals surface area contributed by atoms with E-state index in [0.717, 1.165) is 0 Å². The summed E-state index contributed by atoms with van der Waals surface area (Å²) in [6, 6.07) is -1.25. The van der Waals surface area contributed by atoms with Crippen LogP contribution in [0.1, 0.15) is 13.0 Å².